The van der Waals surface area contributed by atoms with Gasteiger partial charge in [-0.1, -0.05) is 22.9 Å². The fourth-order valence-electron chi connectivity index (χ4n) is 2.86. The van der Waals surface area contributed by atoms with Crippen molar-refractivity contribution in [2.75, 3.05) is 25.0 Å². The molecule has 1 aliphatic heterocycles. The highest BCUT2D eigenvalue weighted by Gasteiger charge is 2.25. The molecule has 3 rings (SSSR count). The van der Waals surface area contributed by atoms with Gasteiger partial charge in [0.15, 0.2) is 5.82 Å². The van der Waals surface area contributed by atoms with Gasteiger partial charge in [0.05, 0.1) is 6.54 Å². The molecule has 0 unspecified atom stereocenters. The molecule has 0 aliphatic carbocycles. The summed E-state index contributed by atoms with van der Waals surface area (Å²) in [5.41, 5.74) is 2.03. The van der Waals surface area contributed by atoms with Crippen LogP contribution < -0.4 is 5.32 Å². The summed E-state index contributed by atoms with van der Waals surface area (Å²) >= 11 is 0. The van der Waals surface area contributed by atoms with Crippen LogP contribution in [0.1, 0.15) is 36.0 Å². The van der Waals surface area contributed by atoms with Crippen molar-refractivity contribution in [1.29, 1.82) is 0 Å². The van der Waals surface area contributed by atoms with Crippen LogP contribution in [0.3, 0.4) is 0 Å². The first-order valence-corrected chi connectivity index (χ1v) is 7.99. The van der Waals surface area contributed by atoms with E-state index < -0.39 is 0 Å². The largest absolute Gasteiger partial charge is 0.339 e. The fourth-order valence-corrected chi connectivity index (χ4v) is 2.86. The van der Waals surface area contributed by atoms with Gasteiger partial charge in [-0.25, -0.2) is 0 Å². The minimum atomic E-state index is 0.0286. The van der Waals surface area contributed by atoms with Gasteiger partial charge in [-0.3, -0.25) is 9.69 Å². The Morgan fingerprint density at radius 2 is 1.96 bits per heavy atom. The van der Waals surface area contributed by atoms with Gasteiger partial charge >= 0.3 is 0 Å². The van der Waals surface area contributed by atoms with E-state index in [-0.39, 0.29) is 5.91 Å². The average Bonchev–Trinajstić information content (AvgIpc) is 2.97. The number of aromatic nitrogens is 2. The molecular formula is C17H22N4O2. The molecule has 1 aromatic heterocycles. The van der Waals surface area contributed by atoms with Crippen LogP contribution in [0.5, 0.6) is 0 Å². The van der Waals surface area contributed by atoms with E-state index in [1.165, 1.54) is 5.56 Å². The second-order valence-corrected chi connectivity index (χ2v) is 6.14. The van der Waals surface area contributed by atoms with Crippen LogP contribution in [0.25, 0.3) is 0 Å². The zero-order chi connectivity index (χ0) is 16.2. The number of benzene rings is 1. The number of carbonyl (C=O) groups excluding carboxylic acids is 1. The van der Waals surface area contributed by atoms with Gasteiger partial charge in [-0.15, -0.1) is 0 Å². The predicted octanol–water partition coefficient (Wildman–Crippen LogP) is 2.50. The second kappa shape index (κ2) is 6.91. The monoisotopic (exact) mass is 314 g/mol. The van der Waals surface area contributed by atoms with Gasteiger partial charge < -0.3 is 9.84 Å². The second-order valence-electron chi connectivity index (χ2n) is 6.14. The molecule has 2 aromatic rings. The molecule has 6 nitrogen and oxygen atoms in total. The molecule has 23 heavy (non-hydrogen) atoms. The number of nitrogens with zero attached hydrogens (tertiary/aromatic N) is 3. The number of hydrogen-bond acceptors (Lipinski definition) is 5. The molecule has 2 heterocycles. The fraction of sp³-hybridized carbons (Fsp3) is 0.471. The van der Waals surface area contributed by atoms with E-state index in [2.05, 4.69) is 20.4 Å². The number of hydrogen-bond donors (Lipinski definition) is 1. The van der Waals surface area contributed by atoms with Crippen molar-refractivity contribution in [1.82, 2.24) is 15.0 Å². The van der Waals surface area contributed by atoms with Crippen LogP contribution >= 0.6 is 0 Å². The van der Waals surface area contributed by atoms with E-state index in [0.29, 0.717) is 18.3 Å². The summed E-state index contributed by atoms with van der Waals surface area (Å²) in [5.74, 6) is 1.75. The van der Waals surface area contributed by atoms with E-state index in [1.807, 2.05) is 38.1 Å². The van der Waals surface area contributed by atoms with Gasteiger partial charge in [0.25, 0.3) is 0 Å². The van der Waals surface area contributed by atoms with Gasteiger partial charge in [0.2, 0.25) is 11.8 Å². The molecule has 1 fully saturated rings. The molecule has 0 radical (unpaired) electrons. The van der Waals surface area contributed by atoms with Crippen molar-refractivity contribution in [3.63, 3.8) is 0 Å². The van der Waals surface area contributed by atoms with Crippen molar-refractivity contribution in [2.45, 2.75) is 32.6 Å². The number of anilines is 1. The maximum Gasteiger partial charge on any atom is 0.238 e. The summed E-state index contributed by atoms with van der Waals surface area (Å²) in [6.45, 7) is 6.02. The lowest BCUT2D eigenvalue weighted by atomic mass is 9.97. The molecule has 1 saturated heterocycles. The third-order valence-electron chi connectivity index (χ3n) is 4.18. The van der Waals surface area contributed by atoms with Crippen LogP contribution in [0.4, 0.5) is 5.69 Å². The highest BCUT2D eigenvalue weighted by molar-refractivity contribution is 5.92. The van der Waals surface area contributed by atoms with E-state index in [4.69, 9.17) is 4.52 Å². The van der Waals surface area contributed by atoms with E-state index in [9.17, 15) is 4.79 Å². The van der Waals surface area contributed by atoms with Crippen molar-refractivity contribution in [3.8, 4) is 0 Å². The highest BCUT2D eigenvalue weighted by atomic mass is 16.5. The minimum Gasteiger partial charge on any atom is -0.339 e. The van der Waals surface area contributed by atoms with Crippen molar-refractivity contribution in [2.24, 2.45) is 0 Å². The van der Waals surface area contributed by atoms with Gasteiger partial charge in [0.1, 0.15) is 0 Å². The maximum absolute atomic E-state index is 12.1. The van der Waals surface area contributed by atoms with Crippen LogP contribution in [0.2, 0.25) is 0 Å². The third kappa shape index (κ3) is 4.16. The molecule has 0 atom stereocenters. The lowest BCUT2D eigenvalue weighted by molar-refractivity contribution is -0.117. The van der Waals surface area contributed by atoms with Crippen molar-refractivity contribution < 1.29 is 9.32 Å². The SMILES string of the molecule is Cc1ccc(NC(=O)CN2CCC(c3nc(C)no3)CC2)cc1. The lowest BCUT2D eigenvalue weighted by Gasteiger charge is -2.29. The zero-order valence-corrected chi connectivity index (χ0v) is 13.6. The van der Waals surface area contributed by atoms with Gasteiger partial charge in [-0.2, -0.15) is 4.98 Å². The predicted molar refractivity (Wildman–Crippen MR) is 87.3 cm³/mol. The average molecular weight is 314 g/mol. The Labute approximate surface area is 135 Å². The topological polar surface area (TPSA) is 71.3 Å². The van der Waals surface area contributed by atoms with Crippen LogP contribution in [0, 0.1) is 13.8 Å². The van der Waals surface area contributed by atoms with Crippen LogP contribution in [-0.4, -0.2) is 40.6 Å². The number of piperidine rings is 1. The Morgan fingerprint density at radius 1 is 1.26 bits per heavy atom. The number of aryl methyl sites for hydroxylation is 2. The van der Waals surface area contributed by atoms with Crippen molar-refractivity contribution in [3.05, 3.63) is 41.5 Å². The summed E-state index contributed by atoms with van der Waals surface area (Å²) in [6, 6.07) is 7.84. The first kappa shape index (κ1) is 15.7. The summed E-state index contributed by atoms with van der Waals surface area (Å²) in [7, 11) is 0. The molecule has 1 amide bonds. The standard InChI is InChI=1S/C17H22N4O2/c1-12-3-5-15(6-4-12)19-16(22)11-21-9-7-14(8-10-21)17-18-13(2)20-23-17/h3-6,14H,7-11H2,1-2H3,(H,19,22). The smallest absolute Gasteiger partial charge is 0.238 e. The van der Waals surface area contributed by atoms with E-state index in [0.717, 1.165) is 37.5 Å². The third-order valence-corrected chi connectivity index (χ3v) is 4.18. The van der Waals surface area contributed by atoms with Crippen molar-refractivity contribution >= 4 is 11.6 Å². The molecule has 122 valence electrons. The Morgan fingerprint density at radius 3 is 2.57 bits per heavy atom. The summed E-state index contributed by atoms with van der Waals surface area (Å²) < 4.78 is 5.25. The molecule has 1 N–H and O–H groups in total. The highest BCUT2D eigenvalue weighted by Crippen LogP contribution is 2.26. The molecule has 1 aromatic carbocycles. The molecule has 0 saturated carbocycles. The first-order chi connectivity index (χ1) is 11.1. The lowest BCUT2D eigenvalue weighted by Crippen LogP contribution is -2.38. The quantitative estimate of drug-likeness (QED) is 0.939. The van der Waals surface area contributed by atoms with Gasteiger partial charge in [0, 0.05) is 11.6 Å². The molecule has 0 bridgehead atoms. The van der Waals surface area contributed by atoms with Crippen LogP contribution in [-0.2, 0) is 4.79 Å². The molecular weight excluding hydrogens is 292 g/mol. The summed E-state index contributed by atoms with van der Waals surface area (Å²) in [6.07, 6.45) is 1.89. The number of carbonyl (C=O) groups is 1. The first-order valence-electron chi connectivity index (χ1n) is 7.99. The maximum atomic E-state index is 12.1. The Bertz CT molecular complexity index is 657. The number of rotatable bonds is 4. The number of nitrogens with one attached hydrogen (secondary N) is 1. The Kier molecular flexibility index (Phi) is 4.71. The normalized spacial score (nSPS) is 16.4. The number of amides is 1. The summed E-state index contributed by atoms with van der Waals surface area (Å²) in [4.78, 5) is 18.6. The minimum absolute atomic E-state index is 0.0286. The summed E-state index contributed by atoms with van der Waals surface area (Å²) in [5, 5.41) is 6.79. The zero-order valence-electron chi connectivity index (χ0n) is 13.6. The molecule has 6 heteroatoms. The Hall–Kier alpha value is -2.21. The van der Waals surface area contributed by atoms with E-state index >= 15 is 0 Å². The molecule has 0 spiro atoms. The van der Waals surface area contributed by atoms with Gasteiger partial charge in [-0.05, 0) is 51.9 Å². The Balaban J connectivity index is 1.46. The van der Waals surface area contributed by atoms with Crippen LogP contribution in [0.15, 0.2) is 28.8 Å². The number of likely N-dealkylation sites (tertiary alicyclic amines) is 1. The molecule has 1 aliphatic rings. The van der Waals surface area contributed by atoms with E-state index in [1.54, 1.807) is 0 Å².